The summed E-state index contributed by atoms with van der Waals surface area (Å²) in [6.45, 7) is 1.97. The molecule has 4 nitrogen and oxygen atoms in total. The average Bonchev–Trinajstić information content (AvgIpc) is 2.78. The highest BCUT2D eigenvalue weighted by Gasteiger charge is 2.24. The van der Waals surface area contributed by atoms with Gasteiger partial charge in [-0.1, -0.05) is 25.5 Å². The zero-order valence-corrected chi connectivity index (χ0v) is 10.8. The lowest BCUT2D eigenvalue weighted by atomic mass is 10.1. The second-order valence-corrected chi connectivity index (χ2v) is 6.17. The summed E-state index contributed by atoms with van der Waals surface area (Å²) >= 11 is 0. The van der Waals surface area contributed by atoms with Crippen molar-refractivity contribution in [3.63, 3.8) is 0 Å². The monoisotopic (exact) mass is 262 g/mol. The Hall–Kier alpha value is -1.75. The molecule has 1 aromatic heterocycles. The first-order valence-corrected chi connectivity index (χ1v) is 7.43. The van der Waals surface area contributed by atoms with E-state index in [4.69, 9.17) is 0 Å². The SMILES string of the molecule is CCCC1=Cc2ccc3cc[nH]c3c2NS1(=O)=O. The average molecular weight is 262 g/mol. The summed E-state index contributed by atoms with van der Waals surface area (Å²) in [4.78, 5) is 3.54. The van der Waals surface area contributed by atoms with Gasteiger partial charge in [0.25, 0.3) is 10.0 Å². The van der Waals surface area contributed by atoms with E-state index in [0.717, 1.165) is 22.9 Å². The summed E-state index contributed by atoms with van der Waals surface area (Å²) in [6.07, 6.45) is 4.96. The number of aromatic amines is 1. The molecule has 94 valence electrons. The van der Waals surface area contributed by atoms with Gasteiger partial charge in [-0.15, -0.1) is 0 Å². The number of allylic oxidation sites excluding steroid dienone is 1. The lowest BCUT2D eigenvalue weighted by Crippen LogP contribution is -2.19. The Morgan fingerprint density at radius 2 is 2.06 bits per heavy atom. The first kappa shape index (κ1) is 11.3. The molecule has 3 rings (SSSR count). The minimum Gasteiger partial charge on any atom is -0.359 e. The van der Waals surface area contributed by atoms with Gasteiger partial charge < -0.3 is 4.98 Å². The molecule has 0 spiro atoms. The molecule has 0 amide bonds. The number of hydrogen-bond donors (Lipinski definition) is 2. The van der Waals surface area contributed by atoms with Crippen molar-refractivity contribution in [1.82, 2.24) is 4.98 Å². The van der Waals surface area contributed by atoms with Gasteiger partial charge >= 0.3 is 0 Å². The topological polar surface area (TPSA) is 62.0 Å². The fourth-order valence-corrected chi connectivity index (χ4v) is 3.65. The van der Waals surface area contributed by atoms with E-state index in [-0.39, 0.29) is 0 Å². The third-order valence-electron chi connectivity index (χ3n) is 3.15. The molecule has 0 radical (unpaired) electrons. The molecule has 0 saturated carbocycles. The fourth-order valence-electron chi connectivity index (χ4n) is 2.28. The number of anilines is 1. The number of rotatable bonds is 2. The Morgan fingerprint density at radius 1 is 1.22 bits per heavy atom. The van der Waals surface area contributed by atoms with Gasteiger partial charge in [0.2, 0.25) is 0 Å². The quantitative estimate of drug-likeness (QED) is 0.873. The number of H-pyrrole nitrogens is 1. The molecule has 2 N–H and O–H groups in total. The van der Waals surface area contributed by atoms with Crippen LogP contribution in [0.4, 0.5) is 5.69 Å². The highest BCUT2D eigenvalue weighted by molar-refractivity contribution is 7.96. The number of hydrogen-bond acceptors (Lipinski definition) is 2. The molecule has 2 aromatic rings. The molecule has 0 aliphatic carbocycles. The maximum Gasteiger partial charge on any atom is 0.258 e. The van der Waals surface area contributed by atoms with Gasteiger partial charge in [0.15, 0.2) is 0 Å². The molecule has 1 aromatic carbocycles. The second kappa shape index (κ2) is 3.88. The predicted octanol–water partition coefficient (Wildman–Crippen LogP) is 3.06. The largest absolute Gasteiger partial charge is 0.359 e. The predicted molar refractivity (Wildman–Crippen MR) is 73.7 cm³/mol. The van der Waals surface area contributed by atoms with Crippen LogP contribution in [0.15, 0.2) is 29.3 Å². The summed E-state index contributed by atoms with van der Waals surface area (Å²) in [6, 6.07) is 5.86. The van der Waals surface area contributed by atoms with E-state index in [1.165, 1.54) is 0 Å². The van der Waals surface area contributed by atoms with Crippen LogP contribution in [0.1, 0.15) is 25.3 Å². The minimum absolute atomic E-state index is 0.461. The summed E-state index contributed by atoms with van der Waals surface area (Å²) in [5.74, 6) is 0. The van der Waals surface area contributed by atoms with Gasteiger partial charge in [-0.25, -0.2) is 8.42 Å². The fraction of sp³-hybridized carbons (Fsp3) is 0.231. The number of sulfonamides is 1. The molecule has 0 atom stereocenters. The van der Waals surface area contributed by atoms with Crippen LogP contribution in [0.2, 0.25) is 0 Å². The molecule has 0 saturated heterocycles. The first-order chi connectivity index (χ1) is 8.62. The highest BCUT2D eigenvalue weighted by atomic mass is 32.2. The molecule has 2 heterocycles. The van der Waals surface area contributed by atoms with E-state index in [9.17, 15) is 8.42 Å². The van der Waals surface area contributed by atoms with Crippen molar-refractivity contribution in [2.75, 3.05) is 4.72 Å². The molecule has 0 fully saturated rings. The molecular formula is C13H14N2O2S. The molecule has 18 heavy (non-hydrogen) atoms. The van der Waals surface area contributed by atoms with E-state index in [2.05, 4.69) is 9.71 Å². The van der Waals surface area contributed by atoms with Crippen LogP contribution in [-0.2, 0) is 10.0 Å². The summed E-state index contributed by atoms with van der Waals surface area (Å²) < 4.78 is 26.9. The molecule has 1 aliphatic heterocycles. The van der Waals surface area contributed by atoms with Crippen LogP contribution in [0, 0.1) is 0 Å². The van der Waals surface area contributed by atoms with Crippen molar-refractivity contribution in [3.8, 4) is 0 Å². The van der Waals surface area contributed by atoms with E-state index >= 15 is 0 Å². The van der Waals surface area contributed by atoms with E-state index in [1.807, 2.05) is 31.3 Å². The van der Waals surface area contributed by atoms with Crippen LogP contribution in [0.5, 0.6) is 0 Å². The Morgan fingerprint density at radius 3 is 2.83 bits per heavy atom. The third kappa shape index (κ3) is 1.62. The van der Waals surface area contributed by atoms with Crippen LogP contribution < -0.4 is 4.72 Å². The maximum atomic E-state index is 12.1. The summed E-state index contributed by atoms with van der Waals surface area (Å²) in [5.41, 5.74) is 2.41. The van der Waals surface area contributed by atoms with Crippen LogP contribution in [0.25, 0.3) is 17.0 Å². The molecule has 1 aliphatic rings. The maximum absolute atomic E-state index is 12.1. The van der Waals surface area contributed by atoms with E-state index in [1.54, 1.807) is 6.08 Å². The number of nitrogens with one attached hydrogen (secondary N) is 2. The minimum atomic E-state index is -3.38. The number of aromatic nitrogens is 1. The lowest BCUT2D eigenvalue weighted by molar-refractivity contribution is 0.604. The first-order valence-electron chi connectivity index (χ1n) is 5.95. The normalized spacial score (nSPS) is 17.1. The van der Waals surface area contributed by atoms with Gasteiger partial charge in [0.1, 0.15) is 0 Å². The second-order valence-electron chi connectivity index (χ2n) is 4.44. The zero-order chi connectivity index (χ0) is 12.8. The van der Waals surface area contributed by atoms with Gasteiger partial charge in [0.05, 0.1) is 16.1 Å². The summed E-state index contributed by atoms with van der Waals surface area (Å²) in [5, 5.41) is 1.00. The van der Waals surface area contributed by atoms with Gasteiger partial charge in [-0.05, 0) is 18.6 Å². The molecular weight excluding hydrogens is 248 g/mol. The van der Waals surface area contributed by atoms with E-state index < -0.39 is 10.0 Å². The van der Waals surface area contributed by atoms with Crippen molar-refractivity contribution in [2.45, 2.75) is 19.8 Å². The Kier molecular flexibility index (Phi) is 2.45. The van der Waals surface area contributed by atoms with Crippen molar-refractivity contribution >= 4 is 32.7 Å². The summed E-state index contributed by atoms with van der Waals surface area (Å²) in [7, 11) is -3.38. The van der Waals surface area contributed by atoms with Crippen LogP contribution in [-0.4, -0.2) is 13.4 Å². The Labute approximate surface area is 106 Å². The van der Waals surface area contributed by atoms with Gasteiger partial charge in [-0.2, -0.15) is 0 Å². The van der Waals surface area contributed by atoms with Crippen LogP contribution >= 0.6 is 0 Å². The van der Waals surface area contributed by atoms with E-state index in [0.29, 0.717) is 17.0 Å². The van der Waals surface area contributed by atoms with Gasteiger partial charge in [-0.3, -0.25) is 4.72 Å². The molecule has 5 heteroatoms. The van der Waals surface area contributed by atoms with Crippen LogP contribution in [0.3, 0.4) is 0 Å². The lowest BCUT2D eigenvalue weighted by Gasteiger charge is -2.19. The number of benzene rings is 1. The zero-order valence-electron chi connectivity index (χ0n) is 10.0. The standard InChI is InChI=1S/C13H14N2O2S/c1-2-3-11-8-10-5-4-9-6-7-14-12(9)13(10)15-18(11,16)17/h4-8,14-15H,2-3H2,1H3. The molecule has 0 bridgehead atoms. The van der Waals surface area contributed by atoms with Crippen molar-refractivity contribution in [2.24, 2.45) is 0 Å². The number of fused-ring (bicyclic) bond motifs is 3. The Balaban J connectivity index is 2.26. The smallest absolute Gasteiger partial charge is 0.258 e. The highest BCUT2D eigenvalue weighted by Crippen LogP contribution is 2.35. The third-order valence-corrected chi connectivity index (χ3v) is 4.64. The van der Waals surface area contributed by atoms with Crippen molar-refractivity contribution < 1.29 is 8.42 Å². The molecule has 0 unspecified atom stereocenters. The van der Waals surface area contributed by atoms with Crippen molar-refractivity contribution in [3.05, 3.63) is 34.9 Å². The Bertz CT molecular complexity index is 741. The van der Waals surface area contributed by atoms with Crippen molar-refractivity contribution in [1.29, 1.82) is 0 Å². The van der Waals surface area contributed by atoms with Gasteiger partial charge in [0, 0.05) is 17.1 Å².